The van der Waals surface area contributed by atoms with E-state index < -0.39 is 0 Å². The molecule has 2 aliphatic heterocycles. The summed E-state index contributed by atoms with van der Waals surface area (Å²) in [5, 5.41) is 3.31. The summed E-state index contributed by atoms with van der Waals surface area (Å²) in [6, 6.07) is 0.289. The third-order valence-electron chi connectivity index (χ3n) is 6.21. The van der Waals surface area contributed by atoms with Gasteiger partial charge in [-0.05, 0) is 19.4 Å². The lowest BCUT2D eigenvalue weighted by atomic mass is 9.55. The van der Waals surface area contributed by atoms with Crippen LogP contribution in [0.3, 0.4) is 0 Å². The molecule has 0 aromatic heterocycles. The number of carbonyl (C=O) groups is 1. The molecule has 3 aliphatic rings. The van der Waals surface area contributed by atoms with E-state index in [0.29, 0.717) is 18.4 Å². The first-order valence-corrected chi connectivity index (χ1v) is 9.38. The van der Waals surface area contributed by atoms with Gasteiger partial charge in [0.1, 0.15) is 0 Å². The van der Waals surface area contributed by atoms with Crippen LogP contribution in [0.1, 0.15) is 40.0 Å². The van der Waals surface area contributed by atoms with E-state index in [9.17, 15) is 4.79 Å². The van der Waals surface area contributed by atoms with Crippen molar-refractivity contribution in [1.29, 1.82) is 0 Å². The summed E-state index contributed by atoms with van der Waals surface area (Å²) in [6.07, 6.45) is 3.28. The van der Waals surface area contributed by atoms with Crippen LogP contribution in [-0.4, -0.2) is 73.7 Å². The van der Waals surface area contributed by atoms with Gasteiger partial charge in [-0.1, -0.05) is 20.8 Å². The van der Waals surface area contributed by atoms with E-state index in [1.165, 1.54) is 6.42 Å². The third-order valence-corrected chi connectivity index (χ3v) is 6.21. The second kappa shape index (κ2) is 7.08. The van der Waals surface area contributed by atoms with E-state index in [1.54, 1.807) is 0 Å². The lowest BCUT2D eigenvalue weighted by molar-refractivity contribution is -0.193. The molecular weight excluding hydrogens is 290 g/mol. The summed E-state index contributed by atoms with van der Waals surface area (Å²) >= 11 is 0. The minimum atomic E-state index is 0.0769. The van der Waals surface area contributed by atoms with Crippen molar-refractivity contribution in [2.75, 3.05) is 45.9 Å². The van der Waals surface area contributed by atoms with Crippen LogP contribution in [-0.2, 0) is 9.53 Å². The van der Waals surface area contributed by atoms with Crippen LogP contribution >= 0.6 is 0 Å². The Morgan fingerprint density at radius 2 is 1.91 bits per heavy atom. The Bertz CT molecular complexity index is 418. The van der Waals surface area contributed by atoms with E-state index >= 15 is 0 Å². The van der Waals surface area contributed by atoms with Gasteiger partial charge in [-0.3, -0.25) is 4.79 Å². The van der Waals surface area contributed by atoms with Crippen molar-refractivity contribution in [3.8, 4) is 0 Å². The number of rotatable bonds is 5. The van der Waals surface area contributed by atoms with E-state index in [2.05, 4.69) is 35.9 Å². The molecular formula is C18H33N3O2. The van der Waals surface area contributed by atoms with Gasteiger partial charge in [0.25, 0.3) is 0 Å². The van der Waals surface area contributed by atoms with Crippen molar-refractivity contribution in [3.63, 3.8) is 0 Å². The maximum Gasteiger partial charge on any atom is 0.221 e. The summed E-state index contributed by atoms with van der Waals surface area (Å²) in [7, 11) is 0. The number of carbonyl (C=O) groups excluding carboxylic acids is 1. The fourth-order valence-electron chi connectivity index (χ4n) is 4.65. The van der Waals surface area contributed by atoms with Crippen LogP contribution in [0.2, 0.25) is 0 Å². The first-order valence-electron chi connectivity index (χ1n) is 9.38. The number of hydrogen-bond donors (Lipinski definition) is 1. The SMILES string of the molecule is CCN1CCN(CCC(=O)N[C@@H]2[C@@H]3CCCO[C@@H]3C2(C)C)CC1. The molecule has 3 rings (SSSR count). The maximum atomic E-state index is 12.4. The van der Waals surface area contributed by atoms with E-state index in [1.807, 2.05) is 0 Å². The van der Waals surface area contributed by atoms with Gasteiger partial charge in [0.2, 0.25) is 5.91 Å². The van der Waals surface area contributed by atoms with Gasteiger partial charge in [0, 0.05) is 63.1 Å². The van der Waals surface area contributed by atoms with Gasteiger partial charge in [-0.2, -0.15) is 0 Å². The van der Waals surface area contributed by atoms with Gasteiger partial charge in [-0.15, -0.1) is 0 Å². The number of nitrogens with zero attached hydrogens (tertiary/aromatic N) is 2. The maximum absolute atomic E-state index is 12.4. The van der Waals surface area contributed by atoms with Crippen molar-refractivity contribution in [3.05, 3.63) is 0 Å². The van der Waals surface area contributed by atoms with E-state index in [-0.39, 0.29) is 17.4 Å². The van der Waals surface area contributed by atoms with Gasteiger partial charge < -0.3 is 19.9 Å². The molecule has 0 unspecified atom stereocenters. The lowest BCUT2D eigenvalue weighted by Crippen LogP contribution is -2.70. The van der Waals surface area contributed by atoms with Gasteiger partial charge in [0.15, 0.2) is 0 Å². The highest BCUT2D eigenvalue weighted by molar-refractivity contribution is 5.76. The highest BCUT2D eigenvalue weighted by Crippen LogP contribution is 2.51. The van der Waals surface area contributed by atoms with Crippen LogP contribution in [0.5, 0.6) is 0 Å². The lowest BCUT2D eigenvalue weighted by Gasteiger charge is -2.59. The predicted molar refractivity (Wildman–Crippen MR) is 91.3 cm³/mol. The molecule has 1 saturated carbocycles. The predicted octanol–water partition coefficient (Wildman–Crippen LogP) is 1.33. The first kappa shape index (κ1) is 17.2. The molecule has 0 bridgehead atoms. The second-order valence-electron chi connectivity index (χ2n) is 7.99. The molecule has 132 valence electrons. The van der Waals surface area contributed by atoms with Crippen molar-refractivity contribution >= 4 is 5.91 Å². The highest BCUT2D eigenvalue weighted by Gasteiger charge is 2.58. The average Bonchev–Trinajstić information content (AvgIpc) is 2.58. The Morgan fingerprint density at radius 1 is 1.22 bits per heavy atom. The average molecular weight is 323 g/mol. The smallest absolute Gasteiger partial charge is 0.221 e. The summed E-state index contributed by atoms with van der Waals surface area (Å²) in [6.45, 7) is 14.0. The van der Waals surface area contributed by atoms with E-state index in [0.717, 1.165) is 52.3 Å². The van der Waals surface area contributed by atoms with Crippen molar-refractivity contribution in [2.24, 2.45) is 11.3 Å². The number of piperazine rings is 1. The molecule has 23 heavy (non-hydrogen) atoms. The monoisotopic (exact) mass is 323 g/mol. The fraction of sp³-hybridized carbons (Fsp3) is 0.944. The normalized spacial score (nSPS) is 34.5. The quantitative estimate of drug-likeness (QED) is 0.829. The molecule has 2 saturated heterocycles. The number of ether oxygens (including phenoxy) is 1. The molecule has 0 aromatic carbocycles. The zero-order valence-corrected chi connectivity index (χ0v) is 15.0. The molecule has 5 heteroatoms. The molecule has 1 N–H and O–H groups in total. The summed E-state index contributed by atoms with van der Waals surface area (Å²) < 4.78 is 5.92. The number of amides is 1. The Kier molecular flexibility index (Phi) is 5.29. The topological polar surface area (TPSA) is 44.8 Å². The van der Waals surface area contributed by atoms with Gasteiger partial charge in [-0.25, -0.2) is 0 Å². The van der Waals surface area contributed by atoms with Crippen LogP contribution in [0.4, 0.5) is 0 Å². The second-order valence-corrected chi connectivity index (χ2v) is 7.99. The Balaban J connectivity index is 1.41. The minimum Gasteiger partial charge on any atom is -0.377 e. The Morgan fingerprint density at radius 3 is 2.61 bits per heavy atom. The van der Waals surface area contributed by atoms with Crippen molar-refractivity contribution < 1.29 is 9.53 Å². The summed E-state index contributed by atoms with van der Waals surface area (Å²) in [5.74, 6) is 0.737. The van der Waals surface area contributed by atoms with Crippen molar-refractivity contribution in [2.45, 2.75) is 52.2 Å². The largest absolute Gasteiger partial charge is 0.377 e. The third kappa shape index (κ3) is 3.57. The van der Waals surface area contributed by atoms with Crippen LogP contribution < -0.4 is 5.32 Å². The molecule has 2 heterocycles. The number of fused-ring (bicyclic) bond motifs is 1. The molecule has 1 aliphatic carbocycles. The Hall–Kier alpha value is -0.650. The molecule has 0 aromatic rings. The van der Waals surface area contributed by atoms with Crippen LogP contribution in [0, 0.1) is 11.3 Å². The highest BCUT2D eigenvalue weighted by atomic mass is 16.5. The first-order chi connectivity index (χ1) is 11.0. The number of likely N-dealkylation sites (N-methyl/N-ethyl adjacent to an activating group) is 1. The minimum absolute atomic E-state index is 0.0769. The number of hydrogen-bond acceptors (Lipinski definition) is 4. The standard InChI is InChI=1S/C18H33N3O2/c1-4-20-9-11-21(12-10-20)8-7-15(22)19-16-14-6-5-13-23-17(14)18(16,2)3/h14,16-17H,4-13H2,1-3H3,(H,19,22)/t14-,16+,17-/m0/s1. The van der Waals surface area contributed by atoms with Gasteiger partial charge in [0.05, 0.1) is 6.10 Å². The fourth-order valence-corrected chi connectivity index (χ4v) is 4.65. The van der Waals surface area contributed by atoms with Crippen LogP contribution in [0.25, 0.3) is 0 Å². The summed E-state index contributed by atoms with van der Waals surface area (Å²) in [5.41, 5.74) is 0.0769. The molecule has 3 atom stereocenters. The molecule has 3 fully saturated rings. The number of nitrogens with one attached hydrogen (secondary N) is 1. The summed E-state index contributed by atoms with van der Waals surface area (Å²) in [4.78, 5) is 17.3. The Labute approximate surface area is 140 Å². The van der Waals surface area contributed by atoms with E-state index in [4.69, 9.17) is 4.74 Å². The molecule has 0 radical (unpaired) electrons. The zero-order valence-electron chi connectivity index (χ0n) is 15.0. The zero-order chi connectivity index (χ0) is 16.4. The molecule has 0 spiro atoms. The van der Waals surface area contributed by atoms with Crippen LogP contribution in [0.15, 0.2) is 0 Å². The van der Waals surface area contributed by atoms with Crippen molar-refractivity contribution in [1.82, 2.24) is 15.1 Å². The molecule has 1 amide bonds. The van der Waals surface area contributed by atoms with Gasteiger partial charge >= 0.3 is 0 Å². The molecule has 5 nitrogen and oxygen atoms in total.